The average Bonchev–Trinajstić information content (AvgIpc) is 3.04. The predicted molar refractivity (Wildman–Crippen MR) is 184 cm³/mol. The normalized spacial score (nSPS) is 11.8. The van der Waals surface area contributed by atoms with Crippen molar-refractivity contribution in [2.24, 2.45) is 20.5 Å². The first-order valence-corrected chi connectivity index (χ1v) is 17.1. The van der Waals surface area contributed by atoms with Gasteiger partial charge in [-0.25, -0.2) is 8.42 Å². The Bertz CT molecular complexity index is 2310. The fourth-order valence-corrected chi connectivity index (χ4v) is 6.30. The Morgan fingerprint density at radius 1 is 0.551 bits per heavy atom. The van der Waals surface area contributed by atoms with Gasteiger partial charge in [-0.2, -0.15) is 13.5 Å². The summed E-state index contributed by atoms with van der Waals surface area (Å²) in [4.78, 5) is -1.05. The van der Waals surface area contributed by atoms with Gasteiger partial charge < -0.3 is 14.8 Å². The van der Waals surface area contributed by atoms with E-state index in [1.54, 1.807) is 42.5 Å². The molecule has 0 atom stereocenters. The summed E-state index contributed by atoms with van der Waals surface area (Å²) in [5.41, 5.74) is -0.271. The van der Waals surface area contributed by atoms with E-state index in [4.69, 9.17) is 23.2 Å². The summed E-state index contributed by atoms with van der Waals surface area (Å²) in [6.07, 6.45) is 0. The molecule has 0 unspecified atom stereocenters. The van der Waals surface area contributed by atoms with E-state index in [-0.39, 0.29) is 93.2 Å². The number of aromatic hydroxyl groups is 1. The number of benzene rings is 6. The van der Waals surface area contributed by atoms with Crippen LogP contribution in [-0.2, 0) is 20.2 Å². The number of hydrogen-bond donors (Lipinski definition) is 2. The van der Waals surface area contributed by atoms with Gasteiger partial charge >= 0.3 is 48.9 Å². The number of phenolic OH excluding ortho intramolecular Hbond substituents is 1. The Morgan fingerprint density at radius 2 is 1.00 bits per heavy atom. The first-order chi connectivity index (χ1) is 22.8. The minimum atomic E-state index is -4.78. The van der Waals surface area contributed by atoms with Crippen LogP contribution in [0.2, 0.25) is 10.0 Å². The molecule has 49 heavy (non-hydrogen) atoms. The van der Waals surface area contributed by atoms with Crippen LogP contribution in [0.4, 0.5) is 22.7 Å². The van der Waals surface area contributed by atoms with Crippen LogP contribution in [0.1, 0.15) is 0 Å². The molecule has 244 valence electrons. The zero-order valence-electron chi connectivity index (χ0n) is 24.8. The van der Waals surface area contributed by atoms with Crippen LogP contribution in [0.3, 0.4) is 0 Å². The molecule has 0 saturated heterocycles. The zero-order chi connectivity index (χ0) is 34.6. The van der Waals surface area contributed by atoms with E-state index in [0.717, 1.165) is 16.8 Å². The second-order valence-electron chi connectivity index (χ2n) is 9.79. The van der Waals surface area contributed by atoms with Crippen molar-refractivity contribution >= 4 is 137 Å². The molecule has 0 heterocycles. The molecule has 2 N–H and O–H groups in total. The molecule has 0 spiro atoms. The summed E-state index contributed by atoms with van der Waals surface area (Å²) < 4.78 is 66.1. The van der Waals surface area contributed by atoms with Gasteiger partial charge in [0.2, 0.25) is 0 Å². The maximum atomic E-state index is 12.1. The number of fused-ring (bicyclic) bond motifs is 2. The minimum Gasteiger partial charge on any atom is -0.871 e. The molecule has 0 amide bonds. The van der Waals surface area contributed by atoms with Crippen molar-refractivity contribution in [2.45, 2.75) is 9.79 Å². The van der Waals surface area contributed by atoms with E-state index >= 15 is 0 Å². The Kier molecular flexibility index (Phi) is 12.6. The van der Waals surface area contributed by atoms with Crippen molar-refractivity contribution in [3.05, 3.63) is 119 Å². The summed E-state index contributed by atoms with van der Waals surface area (Å²) >= 11 is 11.9. The van der Waals surface area contributed by atoms with Crippen molar-refractivity contribution in [3.63, 3.8) is 0 Å². The number of hydrogen-bond acceptors (Lipinski definition) is 11. The zero-order valence-corrected chi connectivity index (χ0v) is 32.4. The SMILES string of the molecule is O=S(=O)(O)c1cccc(Cl)c1N=Nc1c(O)ccc2ccccc12.O=S(=O)([O-])c1cccc(Cl)c1N=Nc1c([O-])ccc2ccccc12.[Ba+2]. The quantitative estimate of drug-likeness (QED) is 0.0944. The fourth-order valence-electron chi connectivity index (χ4n) is 4.48. The largest absolute Gasteiger partial charge is 2.00 e. The van der Waals surface area contributed by atoms with Crippen molar-refractivity contribution in [1.82, 2.24) is 0 Å². The Hall–Kier alpha value is -3.39. The van der Waals surface area contributed by atoms with E-state index in [1.165, 1.54) is 42.5 Å². The Balaban J connectivity index is 0.000000216. The topological polar surface area (TPSA) is 204 Å². The molecule has 6 aromatic rings. The average molecular weight is 861 g/mol. The fraction of sp³-hybridized carbons (Fsp3) is 0. The number of rotatable bonds is 6. The maximum Gasteiger partial charge on any atom is 2.00 e. The third kappa shape index (κ3) is 9.05. The maximum absolute atomic E-state index is 12.1. The van der Waals surface area contributed by atoms with Gasteiger partial charge in [-0.3, -0.25) is 4.55 Å². The van der Waals surface area contributed by atoms with E-state index in [2.05, 4.69) is 20.5 Å². The second kappa shape index (κ2) is 16.1. The molecular formula is C32H20BaCl2N4O8S2. The summed E-state index contributed by atoms with van der Waals surface area (Å²) in [5, 5.41) is 40.3. The Morgan fingerprint density at radius 3 is 1.55 bits per heavy atom. The third-order valence-corrected chi connectivity index (χ3v) is 9.05. The number of halogens is 2. The van der Waals surface area contributed by atoms with Gasteiger partial charge in [0.05, 0.1) is 20.6 Å². The van der Waals surface area contributed by atoms with Crippen LogP contribution >= 0.6 is 23.2 Å². The molecule has 0 saturated carbocycles. The number of azo groups is 2. The van der Waals surface area contributed by atoms with Gasteiger partial charge in [-0.1, -0.05) is 108 Å². The standard InChI is InChI=1S/2C16H11ClN2O4S.Ba/c2*17-12-6-3-7-14(24(21,22)23)16(12)19-18-15-11-5-2-1-4-10(11)8-9-13(15)20;/h2*1-9,20H,(H,21,22,23);/q;;+2/p-2. The summed E-state index contributed by atoms with van der Waals surface area (Å²) in [5.74, 6) is -0.492. The van der Waals surface area contributed by atoms with Crippen LogP contribution in [0, 0.1) is 0 Å². The molecule has 0 radical (unpaired) electrons. The Labute approximate surface area is 330 Å². The van der Waals surface area contributed by atoms with Crippen LogP contribution in [0.5, 0.6) is 11.5 Å². The molecule has 12 nitrogen and oxygen atoms in total. The summed E-state index contributed by atoms with van der Waals surface area (Å²) in [6, 6.07) is 28.2. The molecule has 6 aromatic carbocycles. The van der Waals surface area contributed by atoms with Crippen LogP contribution in [0.25, 0.3) is 21.5 Å². The molecule has 0 aliphatic carbocycles. The van der Waals surface area contributed by atoms with E-state index in [1.807, 2.05) is 18.2 Å². The second-order valence-corrected chi connectivity index (χ2v) is 13.3. The summed E-state index contributed by atoms with van der Waals surface area (Å²) in [7, 11) is -9.29. The monoisotopic (exact) mass is 860 g/mol. The van der Waals surface area contributed by atoms with E-state index in [9.17, 15) is 36.2 Å². The molecule has 0 bridgehead atoms. The van der Waals surface area contributed by atoms with Gasteiger partial charge in [0, 0.05) is 10.8 Å². The number of nitrogens with zero attached hydrogens (tertiary/aromatic N) is 4. The van der Waals surface area contributed by atoms with E-state index in [0.29, 0.717) is 10.8 Å². The molecule has 17 heteroatoms. The first kappa shape index (κ1) is 38.4. The smallest absolute Gasteiger partial charge is 0.871 e. The van der Waals surface area contributed by atoms with Gasteiger partial charge in [0.25, 0.3) is 10.1 Å². The van der Waals surface area contributed by atoms with Crippen molar-refractivity contribution in [2.75, 3.05) is 0 Å². The molecule has 6 rings (SSSR count). The van der Waals surface area contributed by atoms with E-state index < -0.39 is 30.0 Å². The van der Waals surface area contributed by atoms with Gasteiger partial charge in [0.15, 0.2) is 0 Å². The minimum absolute atomic E-state index is 0. The molecule has 0 aliphatic rings. The summed E-state index contributed by atoms with van der Waals surface area (Å²) in [6.45, 7) is 0. The van der Waals surface area contributed by atoms with Gasteiger partial charge in [0.1, 0.15) is 37.8 Å². The number of phenols is 1. The van der Waals surface area contributed by atoms with Crippen LogP contribution in [-0.4, -0.2) is 79.9 Å². The van der Waals surface area contributed by atoms with Crippen molar-refractivity contribution < 1.29 is 36.2 Å². The van der Waals surface area contributed by atoms with Crippen LogP contribution in [0.15, 0.2) is 139 Å². The third-order valence-electron chi connectivity index (χ3n) is 6.69. The van der Waals surface area contributed by atoms with Gasteiger partial charge in [-0.15, -0.1) is 15.3 Å². The van der Waals surface area contributed by atoms with Crippen molar-refractivity contribution in [1.29, 1.82) is 0 Å². The van der Waals surface area contributed by atoms with Crippen molar-refractivity contribution in [3.8, 4) is 11.5 Å². The molecule has 0 fully saturated rings. The molecule has 0 aliphatic heterocycles. The molecule has 0 aromatic heterocycles. The predicted octanol–water partition coefficient (Wildman–Crippen LogP) is 8.37. The van der Waals surface area contributed by atoms with Gasteiger partial charge in [-0.05, 0) is 41.1 Å². The first-order valence-electron chi connectivity index (χ1n) is 13.5. The van der Waals surface area contributed by atoms with Crippen LogP contribution < -0.4 is 5.11 Å². The molecular weight excluding hydrogens is 841 g/mol.